The summed E-state index contributed by atoms with van der Waals surface area (Å²) in [5.74, 6) is 0.745. The highest BCUT2D eigenvalue weighted by Gasteiger charge is 2.43. The number of amides is 1. The maximum atomic E-state index is 12.0. The highest BCUT2D eigenvalue weighted by Crippen LogP contribution is 2.32. The van der Waals surface area contributed by atoms with E-state index in [4.69, 9.17) is 9.47 Å². The molecule has 1 heterocycles. The summed E-state index contributed by atoms with van der Waals surface area (Å²) < 4.78 is 11.2. The molecule has 1 N–H and O–H groups in total. The van der Waals surface area contributed by atoms with Crippen LogP contribution in [0, 0.1) is 5.92 Å². The van der Waals surface area contributed by atoms with Gasteiger partial charge in [-0.2, -0.15) is 0 Å². The monoisotopic (exact) mass is 296 g/mol. The van der Waals surface area contributed by atoms with Crippen molar-refractivity contribution in [3.8, 4) is 0 Å². The predicted molar refractivity (Wildman–Crippen MR) is 80.1 cm³/mol. The van der Waals surface area contributed by atoms with Crippen LogP contribution in [0.5, 0.6) is 0 Å². The van der Waals surface area contributed by atoms with Crippen molar-refractivity contribution in [3.05, 3.63) is 0 Å². The van der Waals surface area contributed by atoms with E-state index < -0.39 is 0 Å². The lowest BCUT2D eigenvalue weighted by molar-refractivity contribution is -0.137. The Morgan fingerprint density at radius 3 is 2.52 bits per heavy atom. The van der Waals surface area contributed by atoms with Crippen molar-refractivity contribution < 1.29 is 14.3 Å². The third-order valence-corrected chi connectivity index (χ3v) is 5.09. The molecular weight excluding hydrogens is 268 g/mol. The molecule has 3 unspecified atom stereocenters. The minimum atomic E-state index is 0.177. The van der Waals surface area contributed by atoms with Gasteiger partial charge in [0.2, 0.25) is 5.91 Å². The average molecular weight is 296 g/mol. The molecule has 0 bridgehead atoms. The summed E-state index contributed by atoms with van der Waals surface area (Å²) in [7, 11) is 1.77. The van der Waals surface area contributed by atoms with Gasteiger partial charge in [0.15, 0.2) is 0 Å². The third-order valence-electron chi connectivity index (χ3n) is 5.09. The molecule has 21 heavy (non-hydrogen) atoms. The number of carbonyl (C=O) groups excluding carboxylic acids is 1. The highest BCUT2D eigenvalue weighted by molar-refractivity contribution is 5.81. The van der Waals surface area contributed by atoms with E-state index in [9.17, 15) is 4.79 Å². The number of hydrogen-bond donors (Lipinski definition) is 1. The molecule has 1 amide bonds. The highest BCUT2D eigenvalue weighted by atomic mass is 16.5. The second-order valence-electron chi connectivity index (χ2n) is 6.58. The number of methoxy groups -OCH3 is 1. The van der Waals surface area contributed by atoms with Gasteiger partial charge >= 0.3 is 0 Å². The number of nitrogens with one attached hydrogen (secondary N) is 1. The zero-order chi connectivity index (χ0) is 14.8. The van der Waals surface area contributed by atoms with Crippen molar-refractivity contribution in [2.45, 2.75) is 63.3 Å². The number of nitrogens with zero attached hydrogens (tertiary/aromatic N) is 1. The van der Waals surface area contributed by atoms with E-state index in [-0.39, 0.29) is 12.2 Å². The number of ether oxygens (including phenoxy) is 2. The smallest absolute Gasteiger partial charge is 0.225 e. The van der Waals surface area contributed by atoms with Crippen LogP contribution in [-0.2, 0) is 14.3 Å². The Bertz CT molecular complexity index is 365. The molecule has 3 aliphatic rings. The third kappa shape index (κ3) is 3.41. The molecule has 0 aromatic heterocycles. The van der Waals surface area contributed by atoms with Gasteiger partial charge in [-0.25, -0.2) is 0 Å². The summed E-state index contributed by atoms with van der Waals surface area (Å²) >= 11 is 0. The summed E-state index contributed by atoms with van der Waals surface area (Å²) in [6.45, 7) is 4.59. The van der Waals surface area contributed by atoms with Crippen molar-refractivity contribution in [2.75, 3.05) is 26.8 Å². The Kier molecular flexibility index (Phi) is 4.82. The van der Waals surface area contributed by atoms with Crippen molar-refractivity contribution in [2.24, 2.45) is 5.92 Å². The van der Waals surface area contributed by atoms with Crippen molar-refractivity contribution in [1.29, 1.82) is 0 Å². The number of likely N-dealkylation sites (tertiary alicyclic amines) is 1. The largest absolute Gasteiger partial charge is 0.377 e. The number of hydrogen-bond acceptors (Lipinski definition) is 4. The van der Waals surface area contributed by atoms with Crippen molar-refractivity contribution >= 4 is 5.91 Å². The molecule has 1 aliphatic heterocycles. The maximum absolute atomic E-state index is 12.0. The summed E-state index contributed by atoms with van der Waals surface area (Å²) in [4.78, 5) is 14.1. The topological polar surface area (TPSA) is 50.8 Å². The van der Waals surface area contributed by atoms with Crippen LogP contribution in [-0.4, -0.2) is 61.9 Å². The summed E-state index contributed by atoms with van der Waals surface area (Å²) in [6.07, 6.45) is 5.79. The van der Waals surface area contributed by atoms with Crippen LogP contribution < -0.4 is 5.32 Å². The Morgan fingerprint density at radius 1 is 1.24 bits per heavy atom. The molecule has 5 heteroatoms. The van der Waals surface area contributed by atoms with Crippen molar-refractivity contribution in [3.63, 3.8) is 0 Å². The van der Waals surface area contributed by atoms with Crippen LogP contribution in [0.15, 0.2) is 0 Å². The van der Waals surface area contributed by atoms with Crippen LogP contribution in [0.25, 0.3) is 0 Å². The molecular formula is C16H28N2O3. The first-order valence-electron chi connectivity index (χ1n) is 8.42. The fraction of sp³-hybridized carbons (Fsp3) is 0.938. The quantitative estimate of drug-likeness (QED) is 0.799. The van der Waals surface area contributed by atoms with Gasteiger partial charge in [-0.05, 0) is 39.0 Å². The number of piperidine rings is 1. The molecule has 3 rings (SSSR count). The van der Waals surface area contributed by atoms with Gasteiger partial charge in [0.25, 0.3) is 0 Å². The van der Waals surface area contributed by atoms with Gasteiger partial charge in [0, 0.05) is 44.8 Å². The fourth-order valence-electron chi connectivity index (χ4n) is 3.60. The zero-order valence-corrected chi connectivity index (χ0v) is 13.2. The molecule has 2 aliphatic carbocycles. The minimum Gasteiger partial charge on any atom is -0.377 e. The first-order chi connectivity index (χ1) is 10.2. The van der Waals surface area contributed by atoms with E-state index in [0.717, 1.165) is 51.8 Å². The van der Waals surface area contributed by atoms with Crippen LogP contribution in [0.4, 0.5) is 0 Å². The standard InChI is InChI=1S/C16H28N2O3/c1-3-21-14-10-13(15(14)20-2)17-12-6-8-18(9-7-12)16(19)11-4-5-11/h11-15,17H,3-10H2,1-2H3. The molecule has 3 fully saturated rings. The van der Waals surface area contributed by atoms with Gasteiger partial charge in [-0.1, -0.05) is 0 Å². The first kappa shape index (κ1) is 15.3. The lowest BCUT2D eigenvalue weighted by Crippen LogP contribution is -2.62. The number of carbonyl (C=O) groups is 1. The summed E-state index contributed by atoms with van der Waals surface area (Å²) in [5.41, 5.74) is 0. The Morgan fingerprint density at radius 2 is 1.95 bits per heavy atom. The molecule has 2 saturated carbocycles. The Hall–Kier alpha value is -0.650. The second-order valence-corrected chi connectivity index (χ2v) is 6.58. The lowest BCUT2D eigenvalue weighted by atomic mass is 9.84. The van der Waals surface area contributed by atoms with Crippen LogP contribution in [0.3, 0.4) is 0 Å². The lowest BCUT2D eigenvalue weighted by Gasteiger charge is -2.46. The molecule has 3 atom stereocenters. The minimum absolute atomic E-state index is 0.177. The first-order valence-corrected chi connectivity index (χ1v) is 8.42. The maximum Gasteiger partial charge on any atom is 0.225 e. The van der Waals surface area contributed by atoms with Crippen LogP contribution in [0.2, 0.25) is 0 Å². The molecule has 0 radical (unpaired) electrons. The van der Waals surface area contributed by atoms with Crippen molar-refractivity contribution in [1.82, 2.24) is 10.2 Å². The second kappa shape index (κ2) is 6.63. The average Bonchev–Trinajstić information content (AvgIpc) is 3.31. The Balaban J connectivity index is 1.40. The van der Waals surface area contributed by atoms with Gasteiger partial charge in [-0.15, -0.1) is 0 Å². The van der Waals surface area contributed by atoms with E-state index in [1.54, 1.807) is 7.11 Å². The molecule has 120 valence electrons. The predicted octanol–water partition coefficient (Wildman–Crippen LogP) is 1.17. The van der Waals surface area contributed by atoms with Gasteiger partial charge < -0.3 is 19.7 Å². The fourth-order valence-corrected chi connectivity index (χ4v) is 3.60. The number of rotatable bonds is 6. The SMILES string of the molecule is CCOC1CC(NC2CCN(C(=O)C3CC3)CC2)C1OC. The van der Waals surface area contributed by atoms with Crippen LogP contribution >= 0.6 is 0 Å². The van der Waals surface area contributed by atoms with Gasteiger partial charge in [-0.3, -0.25) is 4.79 Å². The van der Waals surface area contributed by atoms with Crippen LogP contribution in [0.1, 0.15) is 39.0 Å². The van der Waals surface area contributed by atoms with E-state index in [1.165, 1.54) is 0 Å². The molecule has 0 aromatic rings. The molecule has 0 spiro atoms. The van der Waals surface area contributed by atoms with Gasteiger partial charge in [0.05, 0.1) is 12.2 Å². The zero-order valence-electron chi connectivity index (χ0n) is 13.2. The van der Waals surface area contributed by atoms with E-state index in [2.05, 4.69) is 10.2 Å². The van der Waals surface area contributed by atoms with Gasteiger partial charge in [0.1, 0.15) is 0 Å². The summed E-state index contributed by atoms with van der Waals surface area (Å²) in [5, 5.41) is 3.71. The molecule has 1 saturated heterocycles. The van der Waals surface area contributed by atoms with E-state index in [1.807, 2.05) is 6.92 Å². The normalized spacial score (nSPS) is 33.8. The molecule has 5 nitrogen and oxygen atoms in total. The Labute approximate surface area is 127 Å². The molecule has 0 aromatic carbocycles. The van der Waals surface area contributed by atoms with E-state index in [0.29, 0.717) is 23.9 Å². The summed E-state index contributed by atoms with van der Waals surface area (Å²) in [6, 6.07) is 0.917. The van der Waals surface area contributed by atoms with E-state index >= 15 is 0 Å².